The average Bonchev–Trinajstić information content (AvgIpc) is 3.50. The number of aliphatic hydroxyl groups is 1. The normalized spacial score (nSPS) is 27.5. The monoisotopic (exact) mass is 351 g/mol. The van der Waals surface area contributed by atoms with Crippen LogP contribution in [0.4, 0.5) is 0 Å². The van der Waals surface area contributed by atoms with Crippen LogP contribution >= 0.6 is 0 Å². The summed E-state index contributed by atoms with van der Waals surface area (Å²) in [6, 6.07) is 0.343. The van der Waals surface area contributed by atoms with Crippen LogP contribution < -0.4 is 0 Å². The summed E-state index contributed by atoms with van der Waals surface area (Å²) in [6.07, 6.45) is 12.5. The number of aliphatic hydroxyl groups excluding tert-OH is 1. The molecule has 2 fully saturated rings. The van der Waals surface area contributed by atoms with Crippen molar-refractivity contribution < 1.29 is 19.4 Å². The molecule has 1 N–H and O–H groups in total. The van der Waals surface area contributed by atoms with Crippen molar-refractivity contribution in [2.75, 3.05) is 20.3 Å². The molecule has 0 saturated heterocycles. The molecule has 0 bridgehead atoms. The Morgan fingerprint density at radius 1 is 1.24 bits per heavy atom. The molecule has 3 aliphatic rings. The highest BCUT2D eigenvalue weighted by molar-refractivity contribution is 5.91. The lowest BCUT2D eigenvalue weighted by atomic mass is 9.93. The number of allylic oxidation sites excluding steroid dienone is 1. The van der Waals surface area contributed by atoms with Gasteiger partial charge in [0, 0.05) is 26.1 Å². The number of nitrogens with zero attached hydrogens (tertiary/aromatic N) is 1. The zero-order valence-corrected chi connectivity index (χ0v) is 15.5. The van der Waals surface area contributed by atoms with Crippen LogP contribution in [0.1, 0.15) is 64.2 Å². The smallest absolute Gasteiger partial charge is 0.288 e. The van der Waals surface area contributed by atoms with Crippen LogP contribution in [0.15, 0.2) is 11.8 Å². The van der Waals surface area contributed by atoms with Crippen molar-refractivity contribution in [2.45, 2.75) is 76.5 Å². The fraction of sp³-hybridized carbons (Fsp3) is 0.850. The van der Waals surface area contributed by atoms with Gasteiger partial charge in [0.25, 0.3) is 5.91 Å². The van der Waals surface area contributed by atoms with E-state index in [1.54, 1.807) is 0 Å². The molecule has 2 atom stereocenters. The summed E-state index contributed by atoms with van der Waals surface area (Å²) >= 11 is 0. The van der Waals surface area contributed by atoms with Gasteiger partial charge in [0.05, 0.1) is 6.61 Å². The molecule has 5 nitrogen and oxygen atoms in total. The van der Waals surface area contributed by atoms with Crippen molar-refractivity contribution in [1.29, 1.82) is 0 Å². The van der Waals surface area contributed by atoms with Gasteiger partial charge < -0.3 is 19.5 Å². The fourth-order valence-electron chi connectivity index (χ4n) is 4.03. The summed E-state index contributed by atoms with van der Waals surface area (Å²) in [5.41, 5.74) is 0. The molecule has 0 aromatic heterocycles. The van der Waals surface area contributed by atoms with E-state index in [1.807, 2.05) is 11.9 Å². The summed E-state index contributed by atoms with van der Waals surface area (Å²) in [4.78, 5) is 14.8. The van der Waals surface area contributed by atoms with Gasteiger partial charge in [-0.3, -0.25) is 4.79 Å². The first-order valence-corrected chi connectivity index (χ1v) is 10.1. The fourth-order valence-corrected chi connectivity index (χ4v) is 4.03. The predicted molar refractivity (Wildman–Crippen MR) is 95.7 cm³/mol. The van der Waals surface area contributed by atoms with Crippen molar-refractivity contribution in [3.05, 3.63) is 11.8 Å². The van der Waals surface area contributed by atoms with Crippen LogP contribution in [0.3, 0.4) is 0 Å². The Kier molecular flexibility index (Phi) is 6.77. The highest BCUT2D eigenvalue weighted by Gasteiger charge is 2.38. The quantitative estimate of drug-likeness (QED) is 0.682. The largest absolute Gasteiger partial charge is 0.459 e. The molecular formula is C20H33NO4. The van der Waals surface area contributed by atoms with Gasteiger partial charge in [0.2, 0.25) is 6.29 Å². The van der Waals surface area contributed by atoms with E-state index >= 15 is 0 Å². The van der Waals surface area contributed by atoms with E-state index in [1.165, 1.54) is 32.1 Å². The van der Waals surface area contributed by atoms with Crippen LogP contribution in [0.2, 0.25) is 0 Å². The minimum Gasteiger partial charge on any atom is -0.459 e. The van der Waals surface area contributed by atoms with Crippen LogP contribution in [0.25, 0.3) is 0 Å². The highest BCUT2D eigenvalue weighted by atomic mass is 16.7. The van der Waals surface area contributed by atoms with Crippen LogP contribution in [0.5, 0.6) is 0 Å². The molecule has 25 heavy (non-hydrogen) atoms. The molecule has 142 valence electrons. The second kappa shape index (κ2) is 9.04. The molecule has 0 aromatic carbocycles. The van der Waals surface area contributed by atoms with Gasteiger partial charge in [-0.25, -0.2) is 0 Å². The molecule has 0 spiro atoms. The molecule has 0 unspecified atom stereocenters. The minimum atomic E-state index is -0.326. The molecule has 2 saturated carbocycles. The second-order valence-electron chi connectivity index (χ2n) is 7.82. The van der Waals surface area contributed by atoms with Crippen molar-refractivity contribution in [1.82, 2.24) is 4.90 Å². The third-order valence-electron chi connectivity index (χ3n) is 5.83. The Bertz CT molecular complexity index is 468. The van der Waals surface area contributed by atoms with Crippen LogP contribution in [0, 0.1) is 11.8 Å². The molecule has 1 aliphatic heterocycles. The summed E-state index contributed by atoms with van der Waals surface area (Å²) in [6.45, 7) is 0.762. The molecule has 3 rings (SSSR count). The van der Waals surface area contributed by atoms with Gasteiger partial charge in [-0.15, -0.1) is 0 Å². The number of likely N-dealkylation sites (N-methyl/N-ethyl adjacent to an activating group) is 1. The number of amides is 1. The zero-order chi connectivity index (χ0) is 17.6. The highest BCUT2D eigenvalue weighted by Crippen LogP contribution is 2.43. The van der Waals surface area contributed by atoms with Crippen molar-refractivity contribution in [3.8, 4) is 0 Å². The molecule has 2 aliphatic carbocycles. The van der Waals surface area contributed by atoms with E-state index in [0.717, 1.165) is 32.1 Å². The third kappa shape index (κ3) is 5.20. The summed E-state index contributed by atoms with van der Waals surface area (Å²) in [5.74, 6) is 1.59. The first-order valence-electron chi connectivity index (χ1n) is 10.1. The van der Waals surface area contributed by atoms with Crippen molar-refractivity contribution in [2.24, 2.45) is 11.8 Å². The maximum absolute atomic E-state index is 13.0. The van der Waals surface area contributed by atoms with Crippen molar-refractivity contribution >= 4 is 5.91 Å². The standard InChI is InChI=1S/C20H33NO4/c1-21(17-7-3-2-4-8-17)20(23)18-13-16(15-9-10-15)14-19(25-18)24-12-6-5-11-22/h13,15-17,19,22H,2-12,14H2,1H3/t16-,19+/m0/s1. The number of unbranched alkanes of at least 4 members (excludes halogenated alkanes) is 1. The van der Waals surface area contributed by atoms with Gasteiger partial charge >= 0.3 is 0 Å². The van der Waals surface area contributed by atoms with Gasteiger partial charge in [0.15, 0.2) is 5.76 Å². The van der Waals surface area contributed by atoms with Gasteiger partial charge in [-0.05, 0) is 56.4 Å². The van der Waals surface area contributed by atoms with Gasteiger partial charge in [-0.1, -0.05) is 19.3 Å². The number of carbonyl (C=O) groups is 1. The zero-order valence-electron chi connectivity index (χ0n) is 15.5. The van der Waals surface area contributed by atoms with E-state index in [4.69, 9.17) is 14.6 Å². The Morgan fingerprint density at radius 3 is 2.68 bits per heavy atom. The first-order chi connectivity index (χ1) is 12.2. The first kappa shape index (κ1) is 18.7. The van der Waals surface area contributed by atoms with Crippen LogP contribution in [-0.4, -0.2) is 48.5 Å². The second-order valence-corrected chi connectivity index (χ2v) is 7.82. The van der Waals surface area contributed by atoms with E-state index in [-0.39, 0.29) is 18.8 Å². The molecule has 0 aromatic rings. The van der Waals surface area contributed by atoms with E-state index < -0.39 is 0 Å². The average molecular weight is 351 g/mol. The lowest BCUT2D eigenvalue weighted by Crippen LogP contribution is -2.41. The Morgan fingerprint density at radius 2 is 2.00 bits per heavy atom. The van der Waals surface area contributed by atoms with Gasteiger partial charge in [0.1, 0.15) is 0 Å². The molecule has 0 radical (unpaired) electrons. The lowest BCUT2D eigenvalue weighted by Gasteiger charge is -2.34. The third-order valence-corrected chi connectivity index (χ3v) is 5.83. The number of hydrogen-bond donors (Lipinski definition) is 1. The maximum atomic E-state index is 13.0. The predicted octanol–water partition coefficient (Wildman–Crippen LogP) is 3.22. The summed E-state index contributed by atoms with van der Waals surface area (Å²) < 4.78 is 11.8. The van der Waals surface area contributed by atoms with Gasteiger partial charge in [-0.2, -0.15) is 0 Å². The lowest BCUT2D eigenvalue weighted by molar-refractivity contribution is -0.156. The van der Waals surface area contributed by atoms with Crippen molar-refractivity contribution in [3.63, 3.8) is 0 Å². The number of carbonyl (C=O) groups excluding carboxylic acids is 1. The molecule has 1 heterocycles. The Balaban J connectivity index is 1.59. The minimum absolute atomic E-state index is 0.0150. The topological polar surface area (TPSA) is 59.0 Å². The maximum Gasteiger partial charge on any atom is 0.288 e. The molecule has 1 amide bonds. The SMILES string of the molecule is CN(C(=O)C1=C[C@H](C2CC2)C[C@H](OCCCCO)O1)C1CCCCC1. The summed E-state index contributed by atoms with van der Waals surface area (Å²) in [5, 5.41) is 8.88. The van der Waals surface area contributed by atoms with E-state index in [9.17, 15) is 4.79 Å². The number of ether oxygens (including phenoxy) is 2. The Hall–Kier alpha value is -1.07. The number of hydrogen-bond acceptors (Lipinski definition) is 4. The Labute approximate surface area is 151 Å². The van der Waals surface area contributed by atoms with E-state index in [0.29, 0.717) is 30.2 Å². The summed E-state index contributed by atoms with van der Waals surface area (Å²) in [7, 11) is 1.92. The number of rotatable bonds is 8. The molecule has 5 heteroatoms. The van der Waals surface area contributed by atoms with Crippen LogP contribution in [-0.2, 0) is 14.3 Å². The molecular weight excluding hydrogens is 318 g/mol. The van der Waals surface area contributed by atoms with E-state index in [2.05, 4.69) is 6.08 Å².